The summed E-state index contributed by atoms with van der Waals surface area (Å²) in [5.74, 6) is 1.35. The first-order chi connectivity index (χ1) is 11.4. The van der Waals surface area contributed by atoms with Gasteiger partial charge in [-0.2, -0.15) is 4.98 Å². The number of nitrogens with zero attached hydrogens (tertiary/aromatic N) is 5. The summed E-state index contributed by atoms with van der Waals surface area (Å²) in [6, 6.07) is 0.397. The second-order valence-electron chi connectivity index (χ2n) is 7.13. The van der Waals surface area contributed by atoms with E-state index in [-0.39, 0.29) is 11.2 Å². The average molecular weight is 329 g/mol. The molecule has 0 bridgehead atoms. The van der Waals surface area contributed by atoms with Crippen molar-refractivity contribution in [1.82, 2.24) is 23.1 Å². The van der Waals surface area contributed by atoms with E-state index in [0.717, 1.165) is 22.5 Å². The zero-order chi connectivity index (χ0) is 17.2. The molecule has 2 atom stereocenters. The highest BCUT2D eigenvalue weighted by Gasteiger charge is 2.27. The maximum atomic E-state index is 12.6. The lowest BCUT2D eigenvalue weighted by atomic mass is 9.85. The minimum Gasteiger partial charge on any atom is -0.311 e. The molecule has 4 rings (SSSR count). The molecule has 7 nitrogen and oxygen atoms in total. The van der Waals surface area contributed by atoms with Gasteiger partial charge in [0, 0.05) is 32.0 Å². The van der Waals surface area contributed by atoms with E-state index in [1.807, 2.05) is 10.6 Å². The molecule has 0 N–H and O–H groups in total. The Hall–Kier alpha value is -2.31. The number of hydrogen-bond donors (Lipinski definition) is 0. The molecule has 7 heteroatoms. The van der Waals surface area contributed by atoms with E-state index in [1.165, 1.54) is 30.9 Å². The third-order valence-electron chi connectivity index (χ3n) is 5.58. The highest BCUT2D eigenvalue weighted by molar-refractivity contribution is 5.75. The summed E-state index contributed by atoms with van der Waals surface area (Å²) in [6.07, 6.45) is 6.82. The van der Waals surface area contributed by atoms with Crippen LogP contribution in [0.15, 0.2) is 15.8 Å². The Morgan fingerprint density at radius 2 is 1.83 bits per heavy atom. The van der Waals surface area contributed by atoms with Crippen LogP contribution in [0.2, 0.25) is 0 Å². The smallest absolute Gasteiger partial charge is 0.311 e. The van der Waals surface area contributed by atoms with Crippen molar-refractivity contribution in [3.8, 4) is 0 Å². The van der Waals surface area contributed by atoms with Gasteiger partial charge in [0.25, 0.3) is 5.56 Å². The van der Waals surface area contributed by atoms with Gasteiger partial charge in [0.1, 0.15) is 0 Å². The SMILES string of the molecule is Cc1cn2c3c(=O)n(C)c(=O)n(C)c3nc2n1[C@H]1CCCC[C@H]1C. The lowest BCUT2D eigenvalue weighted by Crippen LogP contribution is -2.37. The first-order valence-electron chi connectivity index (χ1n) is 8.57. The monoisotopic (exact) mass is 329 g/mol. The summed E-state index contributed by atoms with van der Waals surface area (Å²) in [4.78, 5) is 29.5. The highest BCUT2D eigenvalue weighted by atomic mass is 16.2. The fourth-order valence-electron chi connectivity index (χ4n) is 4.19. The number of rotatable bonds is 1. The lowest BCUT2D eigenvalue weighted by Gasteiger charge is -2.30. The van der Waals surface area contributed by atoms with Gasteiger partial charge in [-0.05, 0) is 25.7 Å². The van der Waals surface area contributed by atoms with Crippen LogP contribution in [0.25, 0.3) is 16.9 Å². The molecule has 24 heavy (non-hydrogen) atoms. The van der Waals surface area contributed by atoms with Gasteiger partial charge >= 0.3 is 5.69 Å². The molecule has 0 aromatic carbocycles. The zero-order valence-electron chi connectivity index (χ0n) is 14.6. The normalized spacial score (nSPS) is 21.8. The third-order valence-corrected chi connectivity index (χ3v) is 5.58. The molecule has 0 spiro atoms. The largest absolute Gasteiger partial charge is 0.332 e. The number of hydrogen-bond acceptors (Lipinski definition) is 3. The molecule has 0 radical (unpaired) electrons. The maximum absolute atomic E-state index is 12.6. The van der Waals surface area contributed by atoms with Crippen LogP contribution in [0.3, 0.4) is 0 Å². The van der Waals surface area contributed by atoms with Crippen molar-refractivity contribution in [3.63, 3.8) is 0 Å². The molecule has 1 saturated carbocycles. The first-order valence-corrected chi connectivity index (χ1v) is 8.57. The molecular formula is C17H23N5O2. The second kappa shape index (κ2) is 5.09. The summed E-state index contributed by atoms with van der Waals surface area (Å²) in [5.41, 5.74) is 1.39. The van der Waals surface area contributed by atoms with Crippen LogP contribution < -0.4 is 11.2 Å². The molecule has 0 unspecified atom stereocenters. The summed E-state index contributed by atoms with van der Waals surface area (Å²) >= 11 is 0. The average Bonchev–Trinajstić information content (AvgIpc) is 3.06. The quantitative estimate of drug-likeness (QED) is 0.683. The molecule has 3 aromatic rings. The Labute approximate surface area is 139 Å². The van der Waals surface area contributed by atoms with E-state index < -0.39 is 0 Å². The van der Waals surface area contributed by atoms with Crippen LogP contribution in [0.4, 0.5) is 0 Å². The van der Waals surface area contributed by atoms with Crippen molar-refractivity contribution in [3.05, 3.63) is 32.7 Å². The van der Waals surface area contributed by atoms with Crippen molar-refractivity contribution >= 4 is 16.9 Å². The predicted molar refractivity (Wildman–Crippen MR) is 92.6 cm³/mol. The van der Waals surface area contributed by atoms with Crippen LogP contribution in [-0.2, 0) is 14.1 Å². The van der Waals surface area contributed by atoms with Gasteiger partial charge in [0.15, 0.2) is 11.2 Å². The molecule has 0 amide bonds. The minimum absolute atomic E-state index is 0.297. The molecule has 3 heterocycles. The summed E-state index contributed by atoms with van der Waals surface area (Å²) in [7, 11) is 3.17. The van der Waals surface area contributed by atoms with Crippen LogP contribution in [0.5, 0.6) is 0 Å². The Bertz CT molecular complexity index is 1060. The van der Waals surface area contributed by atoms with Gasteiger partial charge in [0.2, 0.25) is 5.78 Å². The Morgan fingerprint density at radius 1 is 1.12 bits per heavy atom. The van der Waals surface area contributed by atoms with Gasteiger partial charge in [-0.1, -0.05) is 19.8 Å². The number of aryl methyl sites for hydroxylation is 2. The Balaban J connectivity index is 2.09. The fourth-order valence-corrected chi connectivity index (χ4v) is 4.19. The van der Waals surface area contributed by atoms with Crippen molar-refractivity contribution in [1.29, 1.82) is 0 Å². The highest BCUT2D eigenvalue weighted by Crippen LogP contribution is 2.36. The van der Waals surface area contributed by atoms with E-state index >= 15 is 0 Å². The van der Waals surface area contributed by atoms with E-state index in [9.17, 15) is 9.59 Å². The molecule has 0 aliphatic heterocycles. The first kappa shape index (κ1) is 15.2. The predicted octanol–water partition coefficient (Wildman–Crippen LogP) is 1.75. The number of fused-ring (bicyclic) bond motifs is 3. The van der Waals surface area contributed by atoms with E-state index in [0.29, 0.717) is 23.1 Å². The third kappa shape index (κ3) is 1.87. The summed E-state index contributed by atoms with van der Waals surface area (Å²) in [6.45, 7) is 4.35. The molecule has 1 aliphatic rings. The van der Waals surface area contributed by atoms with Gasteiger partial charge in [-0.25, -0.2) is 4.79 Å². The maximum Gasteiger partial charge on any atom is 0.332 e. The molecule has 3 aromatic heterocycles. The molecular weight excluding hydrogens is 306 g/mol. The van der Waals surface area contributed by atoms with Crippen LogP contribution in [0.1, 0.15) is 44.3 Å². The zero-order valence-corrected chi connectivity index (χ0v) is 14.6. The van der Waals surface area contributed by atoms with Crippen LogP contribution in [-0.4, -0.2) is 23.1 Å². The molecule has 1 aliphatic carbocycles. The summed E-state index contributed by atoms with van der Waals surface area (Å²) < 4.78 is 6.71. The minimum atomic E-state index is -0.345. The number of imidazole rings is 2. The Kier molecular flexibility index (Phi) is 3.23. The standard InChI is InChI=1S/C17H23N5O2/c1-10-7-5-6-8-12(10)22-11(2)9-21-13-14(18-16(21)22)19(3)17(24)20(4)15(13)23/h9-10,12H,5-8H2,1-4H3/t10-,12+/m1/s1. The molecule has 0 saturated heterocycles. The van der Waals surface area contributed by atoms with Crippen molar-refractivity contribution in [2.75, 3.05) is 0 Å². The van der Waals surface area contributed by atoms with Crippen molar-refractivity contribution < 1.29 is 0 Å². The molecule has 128 valence electrons. The topological polar surface area (TPSA) is 66.2 Å². The van der Waals surface area contributed by atoms with Gasteiger partial charge in [0.05, 0.1) is 0 Å². The van der Waals surface area contributed by atoms with E-state index in [1.54, 1.807) is 7.05 Å². The lowest BCUT2D eigenvalue weighted by molar-refractivity contribution is 0.259. The second-order valence-corrected chi connectivity index (χ2v) is 7.13. The van der Waals surface area contributed by atoms with Gasteiger partial charge in [-0.15, -0.1) is 0 Å². The van der Waals surface area contributed by atoms with Crippen molar-refractivity contribution in [2.45, 2.75) is 45.6 Å². The van der Waals surface area contributed by atoms with E-state index in [2.05, 4.69) is 23.4 Å². The fraction of sp³-hybridized carbons (Fsp3) is 0.588. The van der Waals surface area contributed by atoms with Gasteiger partial charge in [-0.3, -0.25) is 18.3 Å². The Morgan fingerprint density at radius 3 is 2.54 bits per heavy atom. The van der Waals surface area contributed by atoms with Crippen molar-refractivity contribution in [2.24, 2.45) is 20.0 Å². The summed E-state index contributed by atoms with van der Waals surface area (Å²) in [5, 5.41) is 0. The van der Waals surface area contributed by atoms with Crippen LogP contribution in [0, 0.1) is 12.8 Å². The van der Waals surface area contributed by atoms with E-state index in [4.69, 9.17) is 0 Å². The van der Waals surface area contributed by atoms with Crippen LogP contribution >= 0.6 is 0 Å². The van der Waals surface area contributed by atoms with Gasteiger partial charge < -0.3 is 4.57 Å². The molecule has 1 fully saturated rings. The number of aromatic nitrogens is 5.